The van der Waals surface area contributed by atoms with Crippen LogP contribution in [0.1, 0.15) is 37.8 Å². The monoisotopic (exact) mass is 479 g/mol. The fourth-order valence-corrected chi connectivity index (χ4v) is 3.88. The normalized spacial score (nSPS) is 18.9. The number of hydrogen-bond acceptors (Lipinski definition) is 6. The van der Waals surface area contributed by atoms with Crippen molar-refractivity contribution >= 4 is 11.9 Å². The molecule has 1 atom stereocenters. The van der Waals surface area contributed by atoms with Gasteiger partial charge in [-0.25, -0.2) is 0 Å². The molecule has 0 bridgehead atoms. The fraction of sp³-hybridized carbons (Fsp3) is 0.579. The Labute approximate surface area is 182 Å². The molecular weight excluding hydrogens is 460 g/mol. The number of carbonyl (C=O) groups is 1. The van der Waals surface area contributed by atoms with Crippen LogP contribution in [0.4, 0.5) is 32.4 Å². The molecule has 1 aliphatic heterocycles. The molecule has 14 heteroatoms. The van der Waals surface area contributed by atoms with Crippen LogP contribution in [-0.2, 0) is 11.0 Å². The molecule has 4 rings (SSSR count). The van der Waals surface area contributed by atoms with Gasteiger partial charge in [0.05, 0.1) is 6.42 Å². The number of nitrogens with one attached hydrogen (secondary N) is 2. The number of hydrogen-bond donors (Lipinski definition) is 2. The van der Waals surface area contributed by atoms with Crippen molar-refractivity contribution in [3.63, 3.8) is 0 Å². The number of likely N-dealkylation sites (tertiary alicyclic amines) is 1. The minimum absolute atomic E-state index is 0.222. The lowest BCUT2D eigenvalue weighted by Crippen LogP contribution is -2.48. The number of halogens is 6. The highest BCUT2D eigenvalue weighted by atomic mass is 19.4. The molecule has 2 aromatic rings. The van der Waals surface area contributed by atoms with Gasteiger partial charge < -0.3 is 19.6 Å². The highest BCUT2D eigenvalue weighted by Crippen LogP contribution is 2.53. The standard InChI is InChI=1S/C19H19F6N5O3/c20-18(21,22)9-11(15(32)30-7-5-17(3-4-17)6-8-30)26-16-29-28-14(33-16)10-1-2-12(19(23,24)25)27-13(10)31/h1-2,11H,3-9H2,(H,26,29)(H,27,31). The van der Waals surface area contributed by atoms with Crippen molar-refractivity contribution in [2.24, 2.45) is 5.41 Å². The number of H-pyrrole nitrogens is 1. The third-order valence-corrected chi connectivity index (χ3v) is 5.99. The van der Waals surface area contributed by atoms with Crippen molar-refractivity contribution in [1.29, 1.82) is 0 Å². The summed E-state index contributed by atoms with van der Waals surface area (Å²) < 4.78 is 82.6. The van der Waals surface area contributed by atoms with Gasteiger partial charge in [0, 0.05) is 13.1 Å². The SMILES string of the molecule is O=C(C(CC(F)(F)F)Nc1nnc(-c2ccc(C(F)(F)F)[nH]c2=O)o1)N1CCC2(CC1)CC2. The van der Waals surface area contributed by atoms with Gasteiger partial charge in [-0.3, -0.25) is 9.59 Å². The zero-order valence-electron chi connectivity index (χ0n) is 17.0. The first-order valence-electron chi connectivity index (χ1n) is 10.1. The number of aromatic nitrogens is 3. The molecule has 2 N–H and O–H groups in total. The Morgan fingerprint density at radius 3 is 2.33 bits per heavy atom. The van der Waals surface area contributed by atoms with Gasteiger partial charge in [0.1, 0.15) is 17.3 Å². The number of amides is 1. The minimum Gasteiger partial charge on any atom is -0.403 e. The lowest BCUT2D eigenvalue weighted by Gasteiger charge is -2.34. The summed E-state index contributed by atoms with van der Waals surface area (Å²) in [6.07, 6.45) is -7.35. The van der Waals surface area contributed by atoms with Gasteiger partial charge in [0.15, 0.2) is 0 Å². The summed E-state index contributed by atoms with van der Waals surface area (Å²) in [6.45, 7) is 0.704. The maximum Gasteiger partial charge on any atom is 0.431 e. The second kappa shape index (κ2) is 8.06. The van der Waals surface area contributed by atoms with Gasteiger partial charge in [-0.15, -0.1) is 5.10 Å². The number of rotatable bonds is 5. The van der Waals surface area contributed by atoms with Crippen LogP contribution in [0, 0.1) is 5.41 Å². The Bertz CT molecular complexity index is 1080. The number of pyridine rings is 1. The number of aromatic amines is 1. The first-order valence-corrected chi connectivity index (χ1v) is 10.1. The molecule has 1 aliphatic carbocycles. The highest BCUT2D eigenvalue weighted by molar-refractivity contribution is 5.84. The van der Waals surface area contributed by atoms with Gasteiger partial charge in [0.2, 0.25) is 5.91 Å². The summed E-state index contributed by atoms with van der Waals surface area (Å²) in [4.78, 5) is 27.7. The number of alkyl halides is 6. The Morgan fingerprint density at radius 2 is 1.79 bits per heavy atom. The van der Waals surface area contributed by atoms with E-state index in [0.717, 1.165) is 31.7 Å². The largest absolute Gasteiger partial charge is 0.431 e. The molecule has 0 radical (unpaired) electrons. The molecule has 8 nitrogen and oxygen atoms in total. The molecule has 1 saturated heterocycles. The smallest absolute Gasteiger partial charge is 0.403 e. The molecule has 1 spiro atoms. The van der Waals surface area contributed by atoms with Crippen LogP contribution < -0.4 is 10.9 Å². The molecular formula is C19H19F6N5O3. The van der Waals surface area contributed by atoms with Crippen LogP contribution in [0.2, 0.25) is 0 Å². The van der Waals surface area contributed by atoms with Crippen LogP contribution in [0.25, 0.3) is 11.5 Å². The van der Waals surface area contributed by atoms with E-state index in [9.17, 15) is 35.9 Å². The van der Waals surface area contributed by atoms with Crippen LogP contribution in [0.5, 0.6) is 0 Å². The summed E-state index contributed by atoms with van der Waals surface area (Å²) in [7, 11) is 0. The van der Waals surface area contributed by atoms with Crippen LogP contribution in [0.15, 0.2) is 21.3 Å². The van der Waals surface area contributed by atoms with Crippen molar-refractivity contribution in [2.75, 3.05) is 18.4 Å². The van der Waals surface area contributed by atoms with Crippen molar-refractivity contribution in [3.05, 3.63) is 28.2 Å². The molecule has 0 aromatic carbocycles. The Hall–Kier alpha value is -3.06. The molecule has 2 aliphatic rings. The topological polar surface area (TPSA) is 104 Å². The van der Waals surface area contributed by atoms with Crippen LogP contribution >= 0.6 is 0 Å². The second-order valence-corrected chi connectivity index (χ2v) is 8.37. The van der Waals surface area contributed by atoms with Crippen LogP contribution in [-0.4, -0.2) is 51.3 Å². The minimum atomic E-state index is -4.78. The average molecular weight is 479 g/mol. The molecule has 3 heterocycles. The number of nitrogens with zero attached hydrogens (tertiary/aromatic N) is 3. The number of carbonyl (C=O) groups excluding carboxylic acids is 1. The lowest BCUT2D eigenvalue weighted by atomic mass is 9.93. The number of anilines is 1. The van der Waals surface area contributed by atoms with E-state index in [0.29, 0.717) is 19.2 Å². The summed E-state index contributed by atoms with van der Waals surface area (Å²) >= 11 is 0. The third kappa shape index (κ3) is 5.30. The van der Waals surface area contributed by atoms with Gasteiger partial charge in [-0.1, -0.05) is 5.10 Å². The maximum absolute atomic E-state index is 13.1. The summed E-state index contributed by atoms with van der Waals surface area (Å²) in [5.41, 5.74) is -2.66. The van der Waals surface area contributed by atoms with Crippen LogP contribution in [0.3, 0.4) is 0 Å². The van der Waals surface area contributed by atoms with E-state index in [-0.39, 0.29) is 5.41 Å². The van der Waals surface area contributed by atoms with E-state index in [4.69, 9.17) is 4.42 Å². The Morgan fingerprint density at radius 1 is 1.12 bits per heavy atom. The second-order valence-electron chi connectivity index (χ2n) is 8.37. The predicted molar refractivity (Wildman–Crippen MR) is 101 cm³/mol. The first-order chi connectivity index (χ1) is 15.4. The first kappa shape index (κ1) is 23.1. The average Bonchev–Trinajstić information content (AvgIpc) is 3.30. The predicted octanol–water partition coefficient (Wildman–Crippen LogP) is 3.58. The van der Waals surface area contributed by atoms with Gasteiger partial charge in [-0.05, 0) is 43.2 Å². The molecule has 180 valence electrons. The van der Waals surface area contributed by atoms with Gasteiger partial charge in [-0.2, -0.15) is 26.3 Å². The fourth-order valence-electron chi connectivity index (χ4n) is 3.88. The van der Waals surface area contributed by atoms with E-state index < -0.39 is 59.4 Å². The van der Waals surface area contributed by atoms with Crippen molar-refractivity contribution in [1.82, 2.24) is 20.1 Å². The molecule has 1 amide bonds. The van der Waals surface area contributed by atoms with Crippen molar-refractivity contribution < 1.29 is 35.6 Å². The Balaban J connectivity index is 1.50. The lowest BCUT2D eigenvalue weighted by molar-refractivity contribution is -0.152. The van der Waals surface area contributed by atoms with Gasteiger partial charge >= 0.3 is 18.4 Å². The summed E-state index contributed by atoms with van der Waals surface area (Å²) in [6, 6.07) is -0.911. The van der Waals surface area contributed by atoms with E-state index >= 15 is 0 Å². The molecule has 33 heavy (non-hydrogen) atoms. The van der Waals surface area contributed by atoms with E-state index in [1.54, 1.807) is 4.98 Å². The maximum atomic E-state index is 13.1. The Kier molecular flexibility index (Phi) is 5.65. The van der Waals surface area contributed by atoms with Crippen molar-refractivity contribution in [2.45, 2.75) is 50.5 Å². The van der Waals surface area contributed by atoms with Crippen molar-refractivity contribution in [3.8, 4) is 11.5 Å². The van der Waals surface area contributed by atoms with E-state index in [1.165, 1.54) is 4.90 Å². The quantitative estimate of drug-likeness (QED) is 0.636. The summed E-state index contributed by atoms with van der Waals surface area (Å²) in [5, 5.41) is 9.27. The van der Waals surface area contributed by atoms with Gasteiger partial charge in [0.25, 0.3) is 11.4 Å². The van der Waals surface area contributed by atoms with E-state index in [2.05, 4.69) is 15.5 Å². The zero-order chi connectivity index (χ0) is 24.0. The third-order valence-electron chi connectivity index (χ3n) is 5.99. The molecule has 1 unspecified atom stereocenters. The molecule has 1 saturated carbocycles. The van der Waals surface area contributed by atoms with E-state index in [1.807, 2.05) is 0 Å². The molecule has 2 fully saturated rings. The zero-order valence-corrected chi connectivity index (χ0v) is 17.0. The summed E-state index contributed by atoms with van der Waals surface area (Å²) in [5.74, 6) is -1.28. The number of piperidine rings is 1. The highest BCUT2D eigenvalue weighted by Gasteiger charge is 2.46. The molecule has 2 aromatic heterocycles.